The van der Waals surface area contributed by atoms with E-state index >= 15 is 0 Å². The molecule has 5 rings (SSSR count). The summed E-state index contributed by atoms with van der Waals surface area (Å²) in [6.07, 6.45) is 6.07. The maximum Gasteiger partial charge on any atom is 0.248 e. The molecule has 6 nitrogen and oxygen atoms in total. The van der Waals surface area contributed by atoms with Crippen LogP contribution >= 0.6 is 0 Å². The lowest BCUT2D eigenvalue weighted by atomic mass is 9.74. The Kier molecular flexibility index (Phi) is 5.11. The first kappa shape index (κ1) is 20.0. The van der Waals surface area contributed by atoms with Crippen molar-refractivity contribution < 1.29 is 13.9 Å². The average molecular weight is 420 g/mol. The molecule has 3 heterocycles. The molecule has 0 spiro atoms. The van der Waals surface area contributed by atoms with E-state index < -0.39 is 5.60 Å². The quantitative estimate of drug-likeness (QED) is 0.742. The van der Waals surface area contributed by atoms with Crippen LogP contribution in [0.15, 0.2) is 42.6 Å². The predicted octanol–water partition coefficient (Wildman–Crippen LogP) is 3.37. The van der Waals surface area contributed by atoms with Gasteiger partial charge < -0.3 is 14.5 Å². The van der Waals surface area contributed by atoms with E-state index in [1.807, 2.05) is 17.0 Å². The van der Waals surface area contributed by atoms with E-state index in [-0.39, 0.29) is 30.4 Å². The molecule has 1 saturated carbocycles. The van der Waals surface area contributed by atoms with Crippen molar-refractivity contribution in [2.75, 3.05) is 24.6 Å². The second-order valence-corrected chi connectivity index (χ2v) is 8.72. The molecule has 2 aromatic rings. The third-order valence-corrected chi connectivity index (χ3v) is 6.97. The first-order chi connectivity index (χ1) is 15.1. The molecule has 1 amide bonds. The van der Waals surface area contributed by atoms with Gasteiger partial charge in [0, 0.05) is 36.9 Å². The highest BCUT2D eigenvalue weighted by Gasteiger charge is 2.44. The molecule has 160 valence electrons. The third-order valence-electron chi connectivity index (χ3n) is 6.97. The molecule has 2 bridgehead atoms. The Bertz CT molecular complexity index is 1000. The molecule has 0 N–H and O–H groups in total. The van der Waals surface area contributed by atoms with Crippen LogP contribution in [0.2, 0.25) is 0 Å². The molecular weight excluding hydrogens is 395 g/mol. The minimum atomic E-state index is -0.672. The summed E-state index contributed by atoms with van der Waals surface area (Å²) < 4.78 is 20.4. The third kappa shape index (κ3) is 3.55. The van der Waals surface area contributed by atoms with E-state index in [1.165, 1.54) is 6.07 Å². The highest BCUT2D eigenvalue weighted by molar-refractivity contribution is 5.78. The number of ether oxygens (including phenoxy) is 1. The highest BCUT2D eigenvalue weighted by Crippen LogP contribution is 2.45. The van der Waals surface area contributed by atoms with Crippen LogP contribution in [0.4, 0.5) is 10.2 Å². The smallest absolute Gasteiger partial charge is 0.248 e. The van der Waals surface area contributed by atoms with Gasteiger partial charge >= 0.3 is 0 Å². The molecule has 31 heavy (non-hydrogen) atoms. The van der Waals surface area contributed by atoms with Crippen LogP contribution in [0.25, 0.3) is 0 Å². The Morgan fingerprint density at radius 3 is 2.52 bits per heavy atom. The van der Waals surface area contributed by atoms with E-state index in [0.29, 0.717) is 24.2 Å². The Hall–Kier alpha value is -2.98. The fourth-order valence-electron chi connectivity index (χ4n) is 5.20. The number of benzene rings is 1. The number of piperazine rings is 1. The van der Waals surface area contributed by atoms with E-state index in [2.05, 4.69) is 16.0 Å². The number of hydrogen-bond acceptors (Lipinski definition) is 5. The first-order valence-corrected chi connectivity index (χ1v) is 10.9. The maximum atomic E-state index is 14.3. The summed E-state index contributed by atoms with van der Waals surface area (Å²) in [4.78, 5) is 21.6. The van der Waals surface area contributed by atoms with Gasteiger partial charge in [-0.1, -0.05) is 18.2 Å². The predicted molar refractivity (Wildman–Crippen MR) is 113 cm³/mol. The zero-order valence-corrected chi connectivity index (χ0v) is 17.3. The first-order valence-electron chi connectivity index (χ1n) is 10.9. The average Bonchev–Trinajstić information content (AvgIpc) is 3.03. The van der Waals surface area contributed by atoms with Crippen LogP contribution in [0.5, 0.6) is 0 Å². The molecule has 2 unspecified atom stereocenters. The maximum absolute atomic E-state index is 14.3. The Labute approximate surface area is 181 Å². The molecule has 1 aromatic carbocycles. The Morgan fingerprint density at radius 1 is 1.19 bits per heavy atom. The minimum absolute atomic E-state index is 0.0249. The van der Waals surface area contributed by atoms with Crippen molar-refractivity contribution in [3.63, 3.8) is 0 Å². The number of carbonyl (C=O) groups excluding carboxylic acids is 1. The summed E-state index contributed by atoms with van der Waals surface area (Å²) in [7, 11) is 0. The van der Waals surface area contributed by atoms with Crippen molar-refractivity contribution >= 4 is 11.7 Å². The minimum Gasteiger partial charge on any atom is -0.360 e. The molecule has 0 radical (unpaired) electrons. The summed E-state index contributed by atoms with van der Waals surface area (Å²) >= 11 is 0. The van der Waals surface area contributed by atoms with Crippen LogP contribution < -0.4 is 4.90 Å². The van der Waals surface area contributed by atoms with Gasteiger partial charge in [0.15, 0.2) is 0 Å². The van der Waals surface area contributed by atoms with Gasteiger partial charge in [-0.25, -0.2) is 9.37 Å². The number of anilines is 1. The summed E-state index contributed by atoms with van der Waals surface area (Å²) in [5, 5.41) is 8.99. The number of rotatable bonds is 5. The summed E-state index contributed by atoms with van der Waals surface area (Å²) in [6, 6.07) is 12.9. The van der Waals surface area contributed by atoms with Crippen molar-refractivity contribution in [1.29, 1.82) is 5.26 Å². The molecule has 2 saturated heterocycles. The number of aromatic nitrogens is 1. The van der Waals surface area contributed by atoms with Gasteiger partial charge in [0.2, 0.25) is 5.91 Å². The number of carbonyl (C=O) groups is 1. The molecule has 2 aliphatic heterocycles. The highest BCUT2D eigenvalue weighted by atomic mass is 19.1. The van der Waals surface area contributed by atoms with Crippen molar-refractivity contribution in [2.24, 2.45) is 0 Å². The molecule has 3 aliphatic rings. The molecule has 1 aromatic heterocycles. The lowest BCUT2D eigenvalue weighted by Gasteiger charge is -2.44. The summed E-state index contributed by atoms with van der Waals surface area (Å²) in [5.74, 6) is 0.561. The number of nitriles is 1. The van der Waals surface area contributed by atoms with Crippen LogP contribution in [0, 0.1) is 17.1 Å². The van der Waals surface area contributed by atoms with E-state index in [9.17, 15) is 9.18 Å². The molecule has 2 atom stereocenters. The topological polar surface area (TPSA) is 69.5 Å². The fraction of sp³-hybridized carbons (Fsp3) is 0.458. The number of amides is 1. The van der Waals surface area contributed by atoms with Gasteiger partial charge in [-0.2, -0.15) is 5.26 Å². The second kappa shape index (κ2) is 7.93. The van der Waals surface area contributed by atoms with Gasteiger partial charge in [-0.05, 0) is 50.3 Å². The summed E-state index contributed by atoms with van der Waals surface area (Å²) in [6.45, 7) is 1.24. The SMILES string of the molecule is N#Cc1ccc(N2C3CCC2CN(C(=O)COC2(c4ccccc4F)CCC2)C3)nc1. The number of pyridine rings is 1. The van der Waals surface area contributed by atoms with Crippen molar-refractivity contribution in [3.8, 4) is 6.07 Å². The number of likely N-dealkylation sites (tertiary alicyclic amines) is 1. The Morgan fingerprint density at radius 2 is 1.94 bits per heavy atom. The van der Waals surface area contributed by atoms with Gasteiger partial charge in [-0.3, -0.25) is 4.79 Å². The van der Waals surface area contributed by atoms with Crippen LogP contribution in [-0.4, -0.2) is 47.6 Å². The van der Waals surface area contributed by atoms with Gasteiger partial charge in [0.25, 0.3) is 0 Å². The fourth-order valence-corrected chi connectivity index (χ4v) is 5.20. The monoisotopic (exact) mass is 420 g/mol. The molecule has 7 heteroatoms. The standard InChI is InChI=1S/C24H25FN4O2/c25-21-5-2-1-4-20(21)24(10-3-11-24)31-16-23(30)28-14-18-7-8-19(15-28)29(18)22-9-6-17(12-26)13-27-22/h1-2,4-6,9,13,18-19H,3,7-8,10-11,14-16H2. The van der Waals surface area contributed by atoms with Crippen molar-refractivity contribution in [2.45, 2.75) is 49.8 Å². The zero-order valence-electron chi connectivity index (χ0n) is 17.3. The number of fused-ring (bicyclic) bond motifs is 2. The lowest BCUT2D eigenvalue weighted by molar-refractivity contribution is -0.154. The Balaban J connectivity index is 1.24. The van der Waals surface area contributed by atoms with Crippen LogP contribution in [0.3, 0.4) is 0 Å². The molecular formula is C24H25FN4O2. The lowest BCUT2D eigenvalue weighted by Crippen LogP contribution is -2.56. The van der Waals surface area contributed by atoms with Gasteiger partial charge in [0.05, 0.1) is 11.2 Å². The number of halogens is 1. The molecule has 3 fully saturated rings. The number of nitrogens with zero attached hydrogens (tertiary/aromatic N) is 4. The van der Waals surface area contributed by atoms with Crippen molar-refractivity contribution in [3.05, 3.63) is 59.5 Å². The van der Waals surface area contributed by atoms with Gasteiger partial charge in [0.1, 0.15) is 24.3 Å². The van der Waals surface area contributed by atoms with E-state index in [4.69, 9.17) is 10.00 Å². The van der Waals surface area contributed by atoms with Crippen LogP contribution in [0.1, 0.15) is 43.2 Å². The van der Waals surface area contributed by atoms with E-state index in [1.54, 1.807) is 24.4 Å². The normalized spacial score (nSPS) is 23.9. The van der Waals surface area contributed by atoms with Crippen molar-refractivity contribution in [1.82, 2.24) is 9.88 Å². The van der Waals surface area contributed by atoms with Gasteiger partial charge in [-0.15, -0.1) is 0 Å². The summed E-state index contributed by atoms with van der Waals surface area (Å²) in [5.41, 5.74) is 0.432. The second-order valence-electron chi connectivity index (χ2n) is 8.72. The molecule has 1 aliphatic carbocycles. The van der Waals surface area contributed by atoms with Crippen LogP contribution in [-0.2, 0) is 15.1 Å². The number of hydrogen-bond donors (Lipinski definition) is 0. The van der Waals surface area contributed by atoms with E-state index in [0.717, 1.165) is 37.9 Å². The largest absolute Gasteiger partial charge is 0.360 e. The zero-order chi connectivity index (χ0) is 21.4.